The highest BCUT2D eigenvalue weighted by atomic mass is 79.9. The largest absolute Gasteiger partial charge is 0.369 e. The first-order chi connectivity index (χ1) is 8.99. The molecule has 3 N–H and O–H groups in total. The van der Waals surface area contributed by atoms with Gasteiger partial charge in [-0.1, -0.05) is 6.42 Å². The highest BCUT2D eigenvalue weighted by molar-refractivity contribution is 9.10. The summed E-state index contributed by atoms with van der Waals surface area (Å²) in [7, 11) is 0. The molecule has 1 fully saturated rings. The van der Waals surface area contributed by atoms with Crippen LogP contribution in [0.15, 0.2) is 22.7 Å². The topological polar surface area (TPSA) is 72.2 Å². The minimum atomic E-state index is -0.495. The van der Waals surface area contributed by atoms with Crippen molar-refractivity contribution in [3.05, 3.63) is 34.1 Å². The number of benzene rings is 1. The number of amides is 2. The van der Waals surface area contributed by atoms with Crippen molar-refractivity contribution in [3.8, 4) is 0 Å². The molecule has 0 radical (unpaired) electrons. The molecule has 1 aromatic carbocycles. The predicted octanol–water partition coefficient (Wildman–Crippen LogP) is 1.97. The second kappa shape index (κ2) is 5.69. The smallest absolute Gasteiger partial charge is 0.251 e. The van der Waals surface area contributed by atoms with Crippen molar-refractivity contribution >= 4 is 27.7 Å². The van der Waals surface area contributed by atoms with E-state index in [2.05, 4.69) is 21.2 Å². The van der Waals surface area contributed by atoms with Gasteiger partial charge in [0.2, 0.25) is 5.91 Å². The van der Waals surface area contributed by atoms with Gasteiger partial charge in [0.15, 0.2) is 0 Å². The summed E-state index contributed by atoms with van der Waals surface area (Å²) in [6.07, 6.45) is 2.26. The maximum absolute atomic E-state index is 13.4. The Morgan fingerprint density at radius 1 is 1.37 bits per heavy atom. The van der Waals surface area contributed by atoms with Crippen molar-refractivity contribution in [3.63, 3.8) is 0 Å². The van der Waals surface area contributed by atoms with E-state index in [-0.39, 0.29) is 23.4 Å². The average Bonchev–Trinajstić information content (AvgIpc) is 2.80. The molecule has 2 rings (SSSR count). The Morgan fingerprint density at radius 3 is 2.74 bits per heavy atom. The lowest BCUT2D eigenvalue weighted by Crippen LogP contribution is -2.42. The number of hydrogen-bond acceptors (Lipinski definition) is 2. The monoisotopic (exact) mass is 328 g/mol. The molecule has 1 aliphatic carbocycles. The van der Waals surface area contributed by atoms with Crippen LogP contribution in [0.4, 0.5) is 4.39 Å². The van der Waals surface area contributed by atoms with Crippen LogP contribution in [0, 0.1) is 11.7 Å². The summed E-state index contributed by atoms with van der Waals surface area (Å²) in [6.45, 7) is 0. The van der Waals surface area contributed by atoms with Crippen LogP contribution in [0.5, 0.6) is 0 Å². The molecule has 0 aromatic heterocycles. The molecular weight excluding hydrogens is 315 g/mol. The predicted molar refractivity (Wildman–Crippen MR) is 71.9 cm³/mol. The number of carbonyl (C=O) groups is 2. The fraction of sp³-hybridized carbons (Fsp3) is 0.385. The van der Waals surface area contributed by atoms with Gasteiger partial charge < -0.3 is 11.1 Å². The summed E-state index contributed by atoms with van der Waals surface area (Å²) in [4.78, 5) is 23.2. The molecule has 6 heteroatoms. The fourth-order valence-electron chi connectivity index (χ4n) is 2.36. The van der Waals surface area contributed by atoms with E-state index in [1.165, 1.54) is 12.1 Å². The third-order valence-corrected chi connectivity index (χ3v) is 4.02. The number of carbonyl (C=O) groups excluding carboxylic acids is 2. The number of nitrogens with one attached hydrogen (secondary N) is 1. The first-order valence-electron chi connectivity index (χ1n) is 6.04. The Bertz CT molecular complexity index is 521. The lowest BCUT2D eigenvalue weighted by atomic mass is 10.0. The van der Waals surface area contributed by atoms with Crippen molar-refractivity contribution in [1.82, 2.24) is 5.32 Å². The van der Waals surface area contributed by atoms with Crippen LogP contribution < -0.4 is 11.1 Å². The van der Waals surface area contributed by atoms with Crippen molar-refractivity contribution in [2.75, 3.05) is 0 Å². The second-order valence-electron chi connectivity index (χ2n) is 4.65. The second-order valence-corrected chi connectivity index (χ2v) is 5.50. The Balaban J connectivity index is 2.08. The molecule has 0 saturated heterocycles. The summed E-state index contributed by atoms with van der Waals surface area (Å²) in [6, 6.07) is 3.91. The van der Waals surface area contributed by atoms with Crippen LogP contribution in [0.25, 0.3) is 0 Å². The number of halogens is 2. The highest BCUT2D eigenvalue weighted by Crippen LogP contribution is 2.25. The molecule has 0 heterocycles. The van der Waals surface area contributed by atoms with Gasteiger partial charge in [0.1, 0.15) is 5.82 Å². The SMILES string of the molecule is NC(=O)[C@H]1CCC[C@H]1NC(=O)c1ccc(Br)c(F)c1. The number of hydrogen-bond donors (Lipinski definition) is 2. The van der Waals surface area contributed by atoms with Gasteiger partial charge in [-0.25, -0.2) is 4.39 Å². The molecule has 0 spiro atoms. The zero-order chi connectivity index (χ0) is 14.0. The first kappa shape index (κ1) is 14.0. The number of rotatable bonds is 3. The zero-order valence-corrected chi connectivity index (χ0v) is 11.7. The molecule has 0 bridgehead atoms. The van der Waals surface area contributed by atoms with Crippen LogP contribution in [0.1, 0.15) is 29.6 Å². The number of nitrogens with two attached hydrogens (primary N) is 1. The van der Waals surface area contributed by atoms with E-state index in [0.717, 1.165) is 18.9 Å². The van der Waals surface area contributed by atoms with Gasteiger partial charge in [0.25, 0.3) is 5.91 Å². The average molecular weight is 329 g/mol. The molecule has 0 aliphatic heterocycles. The molecule has 1 aliphatic rings. The van der Waals surface area contributed by atoms with Crippen LogP contribution in [-0.2, 0) is 4.79 Å². The van der Waals surface area contributed by atoms with Crippen LogP contribution in [-0.4, -0.2) is 17.9 Å². The van der Waals surface area contributed by atoms with Gasteiger partial charge in [-0.2, -0.15) is 0 Å². The summed E-state index contributed by atoms with van der Waals surface area (Å²) in [5, 5.41) is 2.75. The molecule has 2 amide bonds. The van der Waals surface area contributed by atoms with Crippen molar-refractivity contribution in [2.45, 2.75) is 25.3 Å². The first-order valence-corrected chi connectivity index (χ1v) is 6.83. The van der Waals surface area contributed by atoms with Crippen molar-refractivity contribution in [2.24, 2.45) is 11.7 Å². The van der Waals surface area contributed by atoms with Gasteiger partial charge in [-0.3, -0.25) is 9.59 Å². The van der Waals surface area contributed by atoms with Crippen molar-refractivity contribution in [1.29, 1.82) is 0 Å². The van der Waals surface area contributed by atoms with Gasteiger partial charge in [0, 0.05) is 11.6 Å². The highest BCUT2D eigenvalue weighted by Gasteiger charge is 2.32. The molecule has 0 unspecified atom stereocenters. The minimum Gasteiger partial charge on any atom is -0.369 e. The Labute approximate surface area is 118 Å². The van der Waals surface area contributed by atoms with E-state index >= 15 is 0 Å². The van der Waals surface area contributed by atoms with Crippen LogP contribution in [0.2, 0.25) is 0 Å². The summed E-state index contributed by atoms with van der Waals surface area (Å²) >= 11 is 3.03. The lowest BCUT2D eigenvalue weighted by Gasteiger charge is -2.18. The Hall–Kier alpha value is -1.43. The van der Waals surface area contributed by atoms with E-state index < -0.39 is 11.7 Å². The minimum absolute atomic E-state index is 0.232. The maximum Gasteiger partial charge on any atom is 0.251 e. The Kier molecular flexibility index (Phi) is 4.19. The molecule has 1 saturated carbocycles. The summed E-state index contributed by atoms with van der Waals surface area (Å²) < 4.78 is 13.7. The summed E-state index contributed by atoms with van der Waals surface area (Å²) in [5.74, 6) is -1.61. The zero-order valence-electron chi connectivity index (χ0n) is 10.2. The normalized spacial score (nSPS) is 22.2. The van der Waals surface area contributed by atoms with Crippen molar-refractivity contribution < 1.29 is 14.0 Å². The quantitative estimate of drug-likeness (QED) is 0.890. The fourth-order valence-corrected chi connectivity index (χ4v) is 2.61. The molecule has 4 nitrogen and oxygen atoms in total. The van der Waals surface area contributed by atoms with E-state index in [4.69, 9.17) is 5.73 Å². The van der Waals surface area contributed by atoms with E-state index in [9.17, 15) is 14.0 Å². The molecule has 2 atom stereocenters. The molecular formula is C13H14BrFN2O2. The third kappa shape index (κ3) is 3.12. The molecule has 1 aromatic rings. The van der Waals surface area contributed by atoms with Gasteiger partial charge in [0.05, 0.1) is 10.4 Å². The third-order valence-electron chi connectivity index (χ3n) is 3.38. The van der Waals surface area contributed by atoms with Gasteiger partial charge in [-0.15, -0.1) is 0 Å². The van der Waals surface area contributed by atoms with E-state index in [1.807, 2.05) is 0 Å². The van der Waals surface area contributed by atoms with Gasteiger partial charge >= 0.3 is 0 Å². The van der Waals surface area contributed by atoms with E-state index in [1.54, 1.807) is 0 Å². The Morgan fingerprint density at radius 2 is 2.11 bits per heavy atom. The lowest BCUT2D eigenvalue weighted by molar-refractivity contribution is -0.122. The molecule has 102 valence electrons. The number of primary amides is 1. The summed E-state index contributed by atoms with van der Waals surface area (Å²) in [5.41, 5.74) is 5.52. The van der Waals surface area contributed by atoms with Gasteiger partial charge in [-0.05, 0) is 47.0 Å². The van der Waals surface area contributed by atoms with Crippen LogP contribution >= 0.6 is 15.9 Å². The standard InChI is InChI=1S/C13H14BrFN2O2/c14-9-5-4-7(6-10(9)15)13(19)17-11-3-1-2-8(11)12(16)18/h4-6,8,11H,1-3H2,(H2,16,18)(H,17,19)/t8-,11+/m0/s1. The van der Waals surface area contributed by atoms with E-state index in [0.29, 0.717) is 10.9 Å². The maximum atomic E-state index is 13.4. The van der Waals surface area contributed by atoms with Crippen LogP contribution in [0.3, 0.4) is 0 Å². The molecule has 19 heavy (non-hydrogen) atoms.